The summed E-state index contributed by atoms with van der Waals surface area (Å²) in [5.41, 5.74) is 6.16. The summed E-state index contributed by atoms with van der Waals surface area (Å²) in [7, 11) is 1.40. The van der Waals surface area contributed by atoms with Gasteiger partial charge in [-0.1, -0.05) is 0 Å². The molecule has 1 amide bonds. The highest BCUT2D eigenvalue weighted by Crippen LogP contribution is 2.25. The minimum absolute atomic E-state index is 0.139. The number of hydrogen-bond acceptors (Lipinski definition) is 6. The molecule has 1 unspecified atom stereocenters. The lowest BCUT2D eigenvalue weighted by Crippen LogP contribution is -2.43. The quantitative estimate of drug-likeness (QED) is 0.594. The van der Waals surface area contributed by atoms with Crippen molar-refractivity contribution in [3.63, 3.8) is 0 Å². The molecule has 0 fully saturated rings. The van der Waals surface area contributed by atoms with Crippen LogP contribution in [0.2, 0.25) is 0 Å². The van der Waals surface area contributed by atoms with Crippen LogP contribution in [-0.2, 0) is 14.3 Å². The fraction of sp³-hybridized carbons (Fsp3) is 0.308. The minimum atomic E-state index is -1.42. The van der Waals surface area contributed by atoms with Crippen molar-refractivity contribution >= 4 is 17.6 Å². The van der Waals surface area contributed by atoms with Gasteiger partial charge >= 0.3 is 5.97 Å². The third-order valence-corrected chi connectivity index (χ3v) is 2.41. The molecule has 0 aliphatic carbocycles. The average Bonchev–Trinajstić information content (AvgIpc) is 2.46. The Morgan fingerprint density at radius 2 is 2.20 bits per heavy atom. The van der Waals surface area contributed by atoms with Gasteiger partial charge in [-0.15, -0.1) is 0 Å². The van der Waals surface area contributed by atoms with E-state index in [0.29, 0.717) is 17.0 Å². The van der Waals surface area contributed by atoms with Gasteiger partial charge in [-0.05, 0) is 19.1 Å². The number of nitrogens with zero attached hydrogens (tertiary/aromatic N) is 1. The molecule has 1 rings (SSSR count). The maximum absolute atomic E-state index is 11.8. The van der Waals surface area contributed by atoms with Gasteiger partial charge in [0.25, 0.3) is 5.91 Å². The second kappa shape index (κ2) is 7.11. The van der Waals surface area contributed by atoms with Gasteiger partial charge in [-0.25, -0.2) is 4.79 Å². The molecule has 106 valence electrons. The van der Waals surface area contributed by atoms with Gasteiger partial charge in [0.2, 0.25) is 0 Å². The van der Waals surface area contributed by atoms with E-state index in [-0.39, 0.29) is 6.61 Å². The first-order valence-corrected chi connectivity index (χ1v) is 5.84. The Morgan fingerprint density at radius 3 is 2.75 bits per heavy atom. The zero-order valence-corrected chi connectivity index (χ0v) is 11.2. The van der Waals surface area contributed by atoms with Crippen LogP contribution >= 0.6 is 0 Å². The number of nitrogens with two attached hydrogens (primary N) is 1. The van der Waals surface area contributed by atoms with Gasteiger partial charge in [-0.2, -0.15) is 5.26 Å². The number of benzene rings is 1. The lowest BCUT2D eigenvalue weighted by atomic mass is 10.2. The van der Waals surface area contributed by atoms with Crippen molar-refractivity contribution in [3.05, 3.63) is 23.8 Å². The molecular weight excluding hydrogens is 262 g/mol. The number of methoxy groups -OCH3 is 1. The summed E-state index contributed by atoms with van der Waals surface area (Å²) in [4.78, 5) is 23.1. The summed E-state index contributed by atoms with van der Waals surface area (Å²) in [6.07, 6.45) is 0. The molecule has 7 heteroatoms. The van der Waals surface area contributed by atoms with Crippen LogP contribution in [0.5, 0.6) is 5.75 Å². The van der Waals surface area contributed by atoms with Crippen molar-refractivity contribution in [2.75, 3.05) is 19.0 Å². The molecule has 3 N–H and O–H groups in total. The number of nitriles is 1. The van der Waals surface area contributed by atoms with E-state index in [2.05, 4.69) is 10.1 Å². The maximum Gasteiger partial charge on any atom is 0.332 e. The molecule has 0 aliphatic heterocycles. The Morgan fingerprint density at radius 1 is 1.50 bits per heavy atom. The van der Waals surface area contributed by atoms with Gasteiger partial charge < -0.3 is 20.5 Å². The molecule has 20 heavy (non-hydrogen) atoms. The van der Waals surface area contributed by atoms with Crippen LogP contribution in [-0.4, -0.2) is 31.6 Å². The minimum Gasteiger partial charge on any atom is -0.495 e. The van der Waals surface area contributed by atoms with E-state index in [1.54, 1.807) is 6.92 Å². The predicted octanol–water partition coefficient (Wildman–Crippen LogP) is 0.396. The van der Waals surface area contributed by atoms with E-state index in [1.807, 2.05) is 6.07 Å². The standard InChI is InChI=1S/C13H15N3O4/c1-3-20-13(18)11(15)12(17)16-9-5-4-8(7-14)6-10(9)19-2/h4-6,11H,3,15H2,1-2H3,(H,16,17). The maximum atomic E-state index is 11.8. The Labute approximate surface area is 116 Å². The number of esters is 1. The number of rotatable bonds is 5. The number of carbonyl (C=O) groups excluding carboxylic acids is 2. The van der Waals surface area contributed by atoms with Crippen molar-refractivity contribution in [2.24, 2.45) is 5.73 Å². The van der Waals surface area contributed by atoms with Gasteiger partial charge in [0.05, 0.1) is 31.0 Å². The molecule has 0 spiro atoms. The lowest BCUT2D eigenvalue weighted by Gasteiger charge is -2.13. The molecular formula is C13H15N3O4. The molecule has 1 aromatic carbocycles. The molecule has 0 aliphatic rings. The first-order valence-electron chi connectivity index (χ1n) is 5.84. The first kappa shape index (κ1) is 15.5. The highest BCUT2D eigenvalue weighted by atomic mass is 16.5. The van der Waals surface area contributed by atoms with E-state index in [9.17, 15) is 9.59 Å². The summed E-state index contributed by atoms with van der Waals surface area (Å²) in [5, 5.41) is 11.2. The summed E-state index contributed by atoms with van der Waals surface area (Å²) in [6.45, 7) is 1.76. The Hall–Kier alpha value is -2.59. The second-order valence-electron chi connectivity index (χ2n) is 3.75. The predicted molar refractivity (Wildman–Crippen MR) is 70.9 cm³/mol. The van der Waals surface area contributed by atoms with Gasteiger partial charge in [0.1, 0.15) is 5.75 Å². The Bertz CT molecular complexity index is 551. The van der Waals surface area contributed by atoms with Crippen LogP contribution in [0.25, 0.3) is 0 Å². The molecule has 0 bridgehead atoms. The van der Waals surface area contributed by atoms with Crippen LogP contribution in [0, 0.1) is 11.3 Å². The Balaban J connectivity index is 2.85. The van der Waals surface area contributed by atoms with Crippen molar-refractivity contribution < 1.29 is 19.1 Å². The molecule has 0 heterocycles. The molecule has 0 saturated carbocycles. The molecule has 1 aromatic rings. The van der Waals surface area contributed by atoms with Gasteiger partial charge in [0.15, 0.2) is 6.04 Å². The zero-order chi connectivity index (χ0) is 15.1. The monoisotopic (exact) mass is 277 g/mol. The van der Waals surface area contributed by atoms with Crippen LogP contribution in [0.4, 0.5) is 5.69 Å². The number of anilines is 1. The number of carbonyl (C=O) groups is 2. The molecule has 0 saturated heterocycles. The van der Waals surface area contributed by atoms with Gasteiger partial charge in [-0.3, -0.25) is 4.79 Å². The highest BCUT2D eigenvalue weighted by Gasteiger charge is 2.24. The van der Waals surface area contributed by atoms with E-state index in [4.69, 9.17) is 15.7 Å². The third kappa shape index (κ3) is 3.70. The van der Waals surface area contributed by atoms with Crippen molar-refractivity contribution in [1.29, 1.82) is 5.26 Å². The van der Waals surface area contributed by atoms with E-state index in [1.165, 1.54) is 25.3 Å². The van der Waals surface area contributed by atoms with Crippen LogP contribution in [0.15, 0.2) is 18.2 Å². The summed E-state index contributed by atoms with van der Waals surface area (Å²) in [5.74, 6) is -1.22. The first-order chi connectivity index (χ1) is 9.53. The smallest absolute Gasteiger partial charge is 0.332 e. The second-order valence-corrected chi connectivity index (χ2v) is 3.75. The fourth-order valence-electron chi connectivity index (χ4n) is 1.41. The van der Waals surface area contributed by atoms with E-state index < -0.39 is 17.9 Å². The SMILES string of the molecule is CCOC(=O)C(N)C(=O)Nc1ccc(C#N)cc1OC. The summed E-state index contributed by atoms with van der Waals surface area (Å²) < 4.78 is 9.71. The zero-order valence-electron chi connectivity index (χ0n) is 11.2. The number of ether oxygens (including phenoxy) is 2. The van der Waals surface area contributed by atoms with Crippen LogP contribution < -0.4 is 15.8 Å². The van der Waals surface area contributed by atoms with Crippen molar-refractivity contribution in [2.45, 2.75) is 13.0 Å². The summed E-state index contributed by atoms with van der Waals surface area (Å²) >= 11 is 0. The highest BCUT2D eigenvalue weighted by molar-refractivity contribution is 6.08. The number of nitrogens with one attached hydrogen (secondary N) is 1. The molecule has 0 aromatic heterocycles. The van der Waals surface area contributed by atoms with E-state index in [0.717, 1.165) is 0 Å². The average molecular weight is 277 g/mol. The number of amides is 1. The topological polar surface area (TPSA) is 114 Å². The lowest BCUT2D eigenvalue weighted by molar-refractivity contribution is -0.146. The molecule has 1 atom stereocenters. The third-order valence-electron chi connectivity index (χ3n) is 2.41. The van der Waals surface area contributed by atoms with Crippen LogP contribution in [0.1, 0.15) is 12.5 Å². The fourth-order valence-corrected chi connectivity index (χ4v) is 1.41. The molecule has 0 radical (unpaired) electrons. The largest absolute Gasteiger partial charge is 0.495 e. The van der Waals surface area contributed by atoms with Gasteiger partial charge in [0, 0.05) is 6.07 Å². The van der Waals surface area contributed by atoms with E-state index >= 15 is 0 Å². The molecule has 7 nitrogen and oxygen atoms in total. The Kier molecular flexibility index (Phi) is 5.50. The van der Waals surface area contributed by atoms with Crippen molar-refractivity contribution in [1.82, 2.24) is 0 Å². The van der Waals surface area contributed by atoms with Crippen molar-refractivity contribution in [3.8, 4) is 11.8 Å². The normalized spacial score (nSPS) is 11.1. The van der Waals surface area contributed by atoms with Crippen LogP contribution in [0.3, 0.4) is 0 Å². The summed E-state index contributed by atoms with van der Waals surface area (Å²) in [6, 6.07) is 4.99. The number of hydrogen-bond donors (Lipinski definition) is 2.